The second-order valence-electron chi connectivity index (χ2n) is 5.85. The lowest BCUT2D eigenvalue weighted by Gasteiger charge is -2.10. The Labute approximate surface area is 154 Å². The maximum atomic E-state index is 12.5. The van der Waals surface area contributed by atoms with Crippen molar-refractivity contribution < 1.29 is 8.42 Å². The van der Waals surface area contributed by atoms with Gasteiger partial charge >= 0.3 is 0 Å². The van der Waals surface area contributed by atoms with E-state index in [-0.39, 0.29) is 4.90 Å². The minimum atomic E-state index is -3.59. The summed E-state index contributed by atoms with van der Waals surface area (Å²) in [4.78, 5) is 4.51. The highest BCUT2D eigenvalue weighted by molar-refractivity contribution is 7.92. The van der Waals surface area contributed by atoms with Gasteiger partial charge in [0.15, 0.2) is 0 Å². The molecular weight excluding hydrogens is 346 g/mol. The molecule has 134 valence electrons. The molecular formula is C20H21N3O2S. The molecule has 0 amide bonds. The quantitative estimate of drug-likeness (QED) is 0.661. The molecule has 2 N–H and O–H groups in total. The van der Waals surface area contributed by atoms with Crippen LogP contribution >= 0.6 is 0 Å². The standard InChI is InChI=1S/C20H21N3O2S/c1-2-16-6-12-20(13-7-16)26(24,25)23-18-10-8-17(9-11-18)22-15-19-5-3-4-14-21-19/h3-14,22-23H,2,15H2,1H3. The van der Waals surface area contributed by atoms with Gasteiger partial charge in [-0.25, -0.2) is 8.42 Å². The Kier molecular flexibility index (Phi) is 5.53. The fourth-order valence-corrected chi connectivity index (χ4v) is 3.53. The molecule has 0 spiro atoms. The summed E-state index contributed by atoms with van der Waals surface area (Å²) in [6, 6.07) is 19.8. The maximum absolute atomic E-state index is 12.5. The minimum Gasteiger partial charge on any atom is -0.379 e. The Morgan fingerprint density at radius 1 is 0.885 bits per heavy atom. The molecule has 26 heavy (non-hydrogen) atoms. The predicted octanol–water partition coefficient (Wildman–Crippen LogP) is 4.06. The van der Waals surface area contributed by atoms with Crippen molar-refractivity contribution in [1.82, 2.24) is 4.98 Å². The van der Waals surface area contributed by atoms with Gasteiger partial charge in [0.2, 0.25) is 0 Å². The summed E-state index contributed by atoms with van der Waals surface area (Å²) in [5, 5.41) is 3.26. The fraction of sp³-hybridized carbons (Fsp3) is 0.150. The van der Waals surface area contributed by atoms with Gasteiger partial charge < -0.3 is 5.32 Å². The van der Waals surface area contributed by atoms with Gasteiger partial charge in [-0.3, -0.25) is 9.71 Å². The SMILES string of the molecule is CCc1ccc(S(=O)(=O)Nc2ccc(NCc3ccccn3)cc2)cc1. The first-order valence-electron chi connectivity index (χ1n) is 8.42. The van der Waals surface area contributed by atoms with Crippen LogP contribution in [0.25, 0.3) is 0 Å². The van der Waals surface area contributed by atoms with Crippen molar-refractivity contribution in [3.8, 4) is 0 Å². The van der Waals surface area contributed by atoms with Crippen LogP contribution in [0, 0.1) is 0 Å². The summed E-state index contributed by atoms with van der Waals surface area (Å²) in [6.07, 6.45) is 2.63. The summed E-state index contributed by atoms with van der Waals surface area (Å²) >= 11 is 0. The van der Waals surface area contributed by atoms with E-state index in [0.29, 0.717) is 12.2 Å². The zero-order chi connectivity index (χ0) is 18.4. The molecule has 0 aliphatic carbocycles. The molecule has 1 aromatic heterocycles. The van der Waals surface area contributed by atoms with E-state index >= 15 is 0 Å². The maximum Gasteiger partial charge on any atom is 0.261 e. The molecule has 0 bridgehead atoms. The van der Waals surface area contributed by atoms with E-state index < -0.39 is 10.0 Å². The van der Waals surface area contributed by atoms with Gasteiger partial charge in [-0.1, -0.05) is 25.1 Å². The summed E-state index contributed by atoms with van der Waals surface area (Å²) in [7, 11) is -3.59. The third-order valence-electron chi connectivity index (χ3n) is 3.98. The van der Waals surface area contributed by atoms with Crippen LogP contribution in [0.5, 0.6) is 0 Å². The number of benzene rings is 2. The normalized spacial score (nSPS) is 11.1. The van der Waals surface area contributed by atoms with Gasteiger partial charge in [0.1, 0.15) is 0 Å². The number of pyridine rings is 1. The first-order valence-corrected chi connectivity index (χ1v) is 9.91. The second kappa shape index (κ2) is 8.01. The Morgan fingerprint density at radius 2 is 1.58 bits per heavy atom. The average molecular weight is 367 g/mol. The van der Waals surface area contributed by atoms with Crippen molar-refractivity contribution in [2.24, 2.45) is 0 Å². The third kappa shape index (κ3) is 4.61. The monoisotopic (exact) mass is 367 g/mol. The molecule has 3 rings (SSSR count). The highest BCUT2D eigenvalue weighted by atomic mass is 32.2. The van der Waals surface area contributed by atoms with Crippen LogP contribution in [0.3, 0.4) is 0 Å². The predicted molar refractivity (Wildman–Crippen MR) is 105 cm³/mol. The van der Waals surface area contributed by atoms with E-state index in [1.165, 1.54) is 0 Å². The number of aromatic nitrogens is 1. The number of anilines is 2. The molecule has 0 saturated heterocycles. The number of hydrogen-bond acceptors (Lipinski definition) is 4. The lowest BCUT2D eigenvalue weighted by atomic mass is 10.2. The van der Waals surface area contributed by atoms with E-state index in [1.54, 1.807) is 30.5 Å². The Balaban J connectivity index is 1.64. The molecule has 0 fully saturated rings. The number of aryl methyl sites for hydroxylation is 1. The smallest absolute Gasteiger partial charge is 0.261 e. The molecule has 6 heteroatoms. The van der Waals surface area contributed by atoms with Gasteiger partial charge in [0.05, 0.1) is 17.1 Å². The van der Waals surface area contributed by atoms with E-state index in [0.717, 1.165) is 23.4 Å². The van der Waals surface area contributed by atoms with E-state index in [9.17, 15) is 8.42 Å². The number of nitrogens with zero attached hydrogens (tertiary/aromatic N) is 1. The van der Waals surface area contributed by atoms with Crippen molar-refractivity contribution in [1.29, 1.82) is 0 Å². The highest BCUT2D eigenvalue weighted by Crippen LogP contribution is 2.19. The van der Waals surface area contributed by atoms with Crippen molar-refractivity contribution in [2.75, 3.05) is 10.0 Å². The van der Waals surface area contributed by atoms with E-state index in [2.05, 4.69) is 15.0 Å². The van der Waals surface area contributed by atoms with E-state index in [1.807, 2.05) is 49.4 Å². The third-order valence-corrected chi connectivity index (χ3v) is 5.38. The first kappa shape index (κ1) is 17.9. The van der Waals surface area contributed by atoms with Crippen LogP contribution in [0.1, 0.15) is 18.2 Å². The fourth-order valence-electron chi connectivity index (χ4n) is 2.47. The zero-order valence-electron chi connectivity index (χ0n) is 14.5. The second-order valence-corrected chi connectivity index (χ2v) is 7.54. The number of nitrogens with one attached hydrogen (secondary N) is 2. The molecule has 0 unspecified atom stereocenters. The number of rotatable bonds is 7. The van der Waals surface area contributed by atoms with Gasteiger partial charge in [-0.05, 0) is 60.5 Å². The lowest BCUT2D eigenvalue weighted by molar-refractivity contribution is 0.601. The van der Waals surface area contributed by atoms with Crippen LogP contribution in [0.15, 0.2) is 77.8 Å². The molecule has 0 radical (unpaired) electrons. The zero-order valence-corrected chi connectivity index (χ0v) is 15.3. The summed E-state index contributed by atoms with van der Waals surface area (Å²) in [5.74, 6) is 0. The summed E-state index contributed by atoms with van der Waals surface area (Å²) in [6.45, 7) is 2.64. The van der Waals surface area contributed by atoms with Crippen molar-refractivity contribution in [3.63, 3.8) is 0 Å². The summed E-state index contributed by atoms with van der Waals surface area (Å²) < 4.78 is 27.5. The van der Waals surface area contributed by atoms with Crippen LogP contribution in [-0.4, -0.2) is 13.4 Å². The highest BCUT2D eigenvalue weighted by Gasteiger charge is 2.13. The lowest BCUT2D eigenvalue weighted by Crippen LogP contribution is -2.13. The molecule has 1 heterocycles. The molecule has 0 aliphatic heterocycles. The molecule has 5 nitrogen and oxygen atoms in total. The average Bonchev–Trinajstić information content (AvgIpc) is 2.68. The van der Waals surface area contributed by atoms with Crippen LogP contribution in [0.2, 0.25) is 0 Å². The summed E-state index contributed by atoms with van der Waals surface area (Å²) in [5.41, 5.74) is 3.46. The van der Waals surface area contributed by atoms with Gasteiger partial charge in [-0.15, -0.1) is 0 Å². The van der Waals surface area contributed by atoms with E-state index in [4.69, 9.17) is 0 Å². The topological polar surface area (TPSA) is 71.1 Å². The van der Waals surface area contributed by atoms with Crippen LogP contribution in [-0.2, 0) is 23.0 Å². The van der Waals surface area contributed by atoms with Crippen LogP contribution in [0.4, 0.5) is 11.4 Å². The molecule has 2 aromatic carbocycles. The molecule has 0 atom stereocenters. The number of sulfonamides is 1. The van der Waals surface area contributed by atoms with Gasteiger partial charge in [0.25, 0.3) is 10.0 Å². The van der Waals surface area contributed by atoms with Crippen LogP contribution < -0.4 is 10.0 Å². The van der Waals surface area contributed by atoms with Crippen molar-refractivity contribution in [3.05, 3.63) is 84.2 Å². The number of hydrogen-bond donors (Lipinski definition) is 2. The Bertz CT molecular complexity index is 939. The van der Waals surface area contributed by atoms with Crippen molar-refractivity contribution in [2.45, 2.75) is 24.8 Å². The largest absolute Gasteiger partial charge is 0.379 e. The molecule has 0 saturated carbocycles. The Hall–Kier alpha value is -2.86. The first-order chi connectivity index (χ1) is 12.6. The molecule has 3 aromatic rings. The minimum absolute atomic E-state index is 0.257. The Morgan fingerprint density at radius 3 is 2.19 bits per heavy atom. The van der Waals surface area contributed by atoms with Crippen molar-refractivity contribution >= 4 is 21.4 Å². The van der Waals surface area contributed by atoms with Gasteiger partial charge in [0, 0.05) is 17.6 Å². The molecule has 0 aliphatic rings. The van der Waals surface area contributed by atoms with Gasteiger partial charge in [-0.2, -0.15) is 0 Å².